The standard InChI is InChI=1S/C12H15NO3/c1-8-3-4-9(7-13-8)12(5-6-12)10(14)11(15)16-2/h3-4,7,10,14H,5-6H2,1-2H3. The van der Waals surface area contributed by atoms with Crippen LogP contribution in [-0.4, -0.2) is 29.3 Å². The molecule has 0 saturated heterocycles. The highest BCUT2D eigenvalue weighted by Gasteiger charge is 2.54. The van der Waals surface area contributed by atoms with Crippen LogP contribution in [0.4, 0.5) is 0 Å². The van der Waals surface area contributed by atoms with Crippen LogP contribution in [0.3, 0.4) is 0 Å². The summed E-state index contributed by atoms with van der Waals surface area (Å²) < 4.78 is 4.57. The summed E-state index contributed by atoms with van der Waals surface area (Å²) in [5, 5.41) is 9.93. The average Bonchev–Trinajstić information content (AvgIpc) is 3.09. The zero-order valence-electron chi connectivity index (χ0n) is 9.43. The van der Waals surface area contributed by atoms with Crippen LogP contribution in [0.2, 0.25) is 0 Å². The number of esters is 1. The Hall–Kier alpha value is -1.42. The van der Waals surface area contributed by atoms with Crippen molar-refractivity contribution < 1.29 is 14.6 Å². The number of hydrogen-bond donors (Lipinski definition) is 1. The van der Waals surface area contributed by atoms with Crippen LogP contribution in [0.5, 0.6) is 0 Å². The largest absolute Gasteiger partial charge is 0.467 e. The van der Waals surface area contributed by atoms with Gasteiger partial charge in [-0.3, -0.25) is 4.98 Å². The molecule has 86 valence electrons. The van der Waals surface area contributed by atoms with Crippen molar-refractivity contribution in [3.63, 3.8) is 0 Å². The minimum atomic E-state index is -1.08. The maximum atomic E-state index is 11.3. The highest BCUT2D eigenvalue weighted by Crippen LogP contribution is 2.51. The fourth-order valence-electron chi connectivity index (χ4n) is 1.95. The molecule has 0 spiro atoms. The molecule has 4 heteroatoms. The lowest BCUT2D eigenvalue weighted by molar-refractivity contribution is -0.152. The molecule has 0 radical (unpaired) electrons. The summed E-state index contributed by atoms with van der Waals surface area (Å²) in [5.74, 6) is -0.571. The summed E-state index contributed by atoms with van der Waals surface area (Å²) in [7, 11) is 1.29. The van der Waals surface area contributed by atoms with Crippen LogP contribution < -0.4 is 0 Å². The van der Waals surface area contributed by atoms with Gasteiger partial charge in [-0.25, -0.2) is 4.79 Å². The normalized spacial score (nSPS) is 18.9. The van der Waals surface area contributed by atoms with Gasteiger partial charge in [-0.05, 0) is 31.4 Å². The average molecular weight is 221 g/mol. The van der Waals surface area contributed by atoms with Gasteiger partial charge in [-0.15, -0.1) is 0 Å². The Kier molecular flexibility index (Phi) is 2.68. The molecular weight excluding hydrogens is 206 g/mol. The Morgan fingerprint density at radius 1 is 1.56 bits per heavy atom. The SMILES string of the molecule is COC(=O)C(O)C1(c2ccc(C)nc2)CC1. The van der Waals surface area contributed by atoms with Gasteiger partial charge in [0, 0.05) is 17.3 Å². The van der Waals surface area contributed by atoms with Gasteiger partial charge in [0.1, 0.15) is 0 Å². The molecule has 1 aliphatic rings. The lowest BCUT2D eigenvalue weighted by Gasteiger charge is -2.20. The lowest BCUT2D eigenvalue weighted by atomic mass is 9.91. The fraction of sp³-hybridized carbons (Fsp3) is 0.500. The molecule has 2 rings (SSSR count). The van der Waals surface area contributed by atoms with Crippen LogP contribution in [0.15, 0.2) is 18.3 Å². The van der Waals surface area contributed by atoms with E-state index in [1.807, 2.05) is 19.1 Å². The van der Waals surface area contributed by atoms with E-state index in [9.17, 15) is 9.90 Å². The van der Waals surface area contributed by atoms with Gasteiger partial charge in [0.25, 0.3) is 0 Å². The summed E-state index contributed by atoms with van der Waals surface area (Å²) >= 11 is 0. The first-order valence-corrected chi connectivity index (χ1v) is 5.29. The number of aliphatic hydroxyl groups excluding tert-OH is 1. The topological polar surface area (TPSA) is 59.4 Å². The lowest BCUT2D eigenvalue weighted by Crippen LogP contribution is -2.35. The Balaban J connectivity index is 2.26. The van der Waals surface area contributed by atoms with Crippen LogP contribution in [0.25, 0.3) is 0 Å². The van der Waals surface area contributed by atoms with Crippen molar-refractivity contribution >= 4 is 5.97 Å². The fourth-order valence-corrected chi connectivity index (χ4v) is 1.95. The zero-order valence-corrected chi connectivity index (χ0v) is 9.43. The van der Waals surface area contributed by atoms with E-state index in [4.69, 9.17) is 0 Å². The number of aryl methyl sites for hydroxylation is 1. The monoisotopic (exact) mass is 221 g/mol. The number of ether oxygens (including phenoxy) is 1. The number of hydrogen-bond acceptors (Lipinski definition) is 4. The molecule has 0 aliphatic heterocycles. The second-order valence-corrected chi connectivity index (χ2v) is 4.27. The summed E-state index contributed by atoms with van der Waals surface area (Å²) in [6.07, 6.45) is 2.25. The minimum Gasteiger partial charge on any atom is -0.467 e. The van der Waals surface area contributed by atoms with E-state index >= 15 is 0 Å². The number of nitrogens with zero attached hydrogens (tertiary/aromatic N) is 1. The quantitative estimate of drug-likeness (QED) is 0.772. The van der Waals surface area contributed by atoms with Gasteiger partial charge in [0.05, 0.1) is 7.11 Å². The first-order valence-electron chi connectivity index (χ1n) is 5.29. The first-order chi connectivity index (χ1) is 7.60. The summed E-state index contributed by atoms with van der Waals surface area (Å²) in [5.41, 5.74) is 1.37. The molecule has 1 fully saturated rings. The number of aliphatic hydroxyl groups is 1. The number of aromatic nitrogens is 1. The van der Waals surface area contributed by atoms with Gasteiger partial charge in [-0.2, -0.15) is 0 Å². The molecule has 0 bridgehead atoms. The Morgan fingerprint density at radius 3 is 2.69 bits per heavy atom. The third-order valence-corrected chi connectivity index (χ3v) is 3.22. The van der Waals surface area contributed by atoms with Crippen LogP contribution >= 0.6 is 0 Å². The van der Waals surface area contributed by atoms with E-state index in [0.29, 0.717) is 0 Å². The molecule has 4 nitrogen and oxygen atoms in total. The van der Waals surface area contributed by atoms with Crippen LogP contribution in [-0.2, 0) is 14.9 Å². The summed E-state index contributed by atoms with van der Waals surface area (Å²) in [6.45, 7) is 1.90. The molecule has 1 N–H and O–H groups in total. The minimum absolute atomic E-state index is 0.464. The Bertz CT molecular complexity index is 395. The number of carbonyl (C=O) groups excluding carboxylic acids is 1. The second-order valence-electron chi connectivity index (χ2n) is 4.27. The maximum absolute atomic E-state index is 11.3. The van der Waals surface area contributed by atoms with Gasteiger partial charge in [-0.1, -0.05) is 6.07 Å². The molecule has 1 saturated carbocycles. The predicted molar refractivity (Wildman–Crippen MR) is 57.9 cm³/mol. The van der Waals surface area contributed by atoms with Crippen molar-refractivity contribution in [2.75, 3.05) is 7.11 Å². The number of rotatable bonds is 3. The Labute approximate surface area is 94.3 Å². The Morgan fingerprint density at radius 2 is 2.25 bits per heavy atom. The number of carbonyl (C=O) groups is 1. The molecular formula is C12H15NO3. The van der Waals surface area contributed by atoms with Crippen molar-refractivity contribution in [2.24, 2.45) is 0 Å². The van der Waals surface area contributed by atoms with E-state index < -0.39 is 17.5 Å². The van der Waals surface area contributed by atoms with Gasteiger partial charge in [0.15, 0.2) is 6.10 Å². The van der Waals surface area contributed by atoms with E-state index in [1.165, 1.54) is 7.11 Å². The van der Waals surface area contributed by atoms with Crippen molar-refractivity contribution in [1.82, 2.24) is 4.98 Å². The van der Waals surface area contributed by atoms with Gasteiger partial charge < -0.3 is 9.84 Å². The molecule has 1 heterocycles. The van der Waals surface area contributed by atoms with Crippen LogP contribution in [0.1, 0.15) is 24.1 Å². The van der Waals surface area contributed by atoms with Crippen molar-refractivity contribution in [2.45, 2.75) is 31.3 Å². The van der Waals surface area contributed by atoms with Crippen molar-refractivity contribution in [1.29, 1.82) is 0 Å². The third kappa shape index (κ3) is 1.69. The smallest absolute Gasteiger partial charge is 0.335 e. The maximum Gasteiger partial charge on any atom is 0.335 e. The zero-order chi connectivity index (χ0) is 11.8. The number of pyridine rings is 1. The van der Waals surface area contributed by atoms with Crippen LogP contribution in [0, 0.1) is 6.92 Å². The van der Waals surface area contributed by atoms with E-state index in [1.54, 1.807) is 6.20 Å². The van der Waals surface area contributed by atoms with E-state index in [-0.39, 0.29) is 0 Å². The molecule has 1 atom stereocenters. The predicted octanol–water partition coefficient (Wildman–Crippen LogP) is 0.956. The molecule has 16 heavy (non-hydrogen) atoms. The first kappa shape index (κ1) is 11.1. The molecule has 1 aliphatic carbocycles. The molecule has 0 aromatic carbocycles. The third-order valence-electron chi connectivity index (χ3n) is 3.22. The van der Waals surface area contributed by atoms with E-state index in [0.717, 1.165) is 24.1 Å². The van der Waals surface area contributed by atoms with Crippen molar-refractivity contribution in [3.05, 3.63) is 29.6 Å². The molecule has 1 unspecified atom stereocenters. The van der Waals surface area contributed by atoms with Gasteiger partial charge >= 0.3 is 5.97 Å². The highest BCUT2D eigenvalue weighted by molar-refractivity contribution is 5.77. The molecule has 1 aromatic rings. The highest BCUT2D eigenvalue weighted by atomic mass is 16.5. The van der Waals surface area contributed by atoms with Gasteiger partial charge in [0.2, 0.25) is 0 Å². The molecule has 1 aromatic heterocycles. The number of methoxy groups -OCH3 is 1. The summed E-state index contributed by atoms with van der Waals surface area (Å²) in [6, 6.07) is 3.81. The van der Waals surface area contributed by atoms with Crippen molar-refractivity contribution in [3.8, 4) is 0 Å². The van der Waals surface area contributed by atoms with E-state index in [2.05, 4.69) is 9.72 Å². The molecule has 0 amide bonds. The summed E-state index contributed by atoms with van der Waals surface area (Å²) in [4.78, 5) is 15.5. The second kappa shape index (κ2) is 3.87.